The van der Waals surface area contributed by atoms with E-state index in [0.29, 0.717) is 0 Å². The van der Waals surface area contributed by atoms with Gasteiger partial charge in [-0.3, -0.25) is 0 Å². The molecular formula is C18H22. The zero-order chi connectivity index (χ0) is 13.4. The van der Waals surface area contributed by atoms with E-state index in [1.54, 1.807) is 0 Å². The van der Waals surface area contributed by atoms with Gasteiger partial charge < -0.3 is 0 Å². The van der Waals surface area contributed by atoms with Crippen LogP contribution in [0.2, 0.25) is 0 Å². The molecule has 94 valence electrons. The lowest BCUT2D eigenvalue weighted by Gasteiger charge is -2.17. The maximum atomic E-state index is 2.30. The average Bonchev–Trinajstić information content (AvgIpc) is 2.29. The smallest absolute Gasteiger partial charge is 0.0120 e. The van der Waals surface area contributed by atoms with Crippen molar-refractivity contribution in [3.05, 3.63) is 57.6 Å². The molecule has 18 heavy (non-hydrogen) atoms. The first-order chi connectivity index (χ1) is 8.41. The van der Waals surface area contributed by atoms with Crippen LogP contribution in [0.25, 0.3) is 11.1 Å². The minimum absolute atomic E-state index is 1.33. The van der Waals surface area contributed by atoms with Gasteiger partial charge >= 0.3 is 0 Å². The molecule has 0 saturated heterocycles. The number of aryl methyl sites for hydroxylation is 4. The Morgan fingerprint density at radius 2 is 1.28 bits per heavy atom. The van der Waals surface area contributed by atoms with Crippen LogP contribution in [0.1, 0.15) is 33.4 Å². The summed E-state index contributed by atoms with van der Waals surface area (Å²) in [5, 5.41) is 0. The molecule has 0 atom stereocenters. The molecular weight excluding hydrogens is 216 g/mol. The molecule has 0 nitrogen and oxygen atoms in total. The third-order valence-corrected chi connectivity index (χ3v) is 4.01. The van der Waals surface area contributed by atoms with Crippen molar-refractivity contribution in [1.29, 1.82) is 0 Å². The van der Waals surface area contributed by atoms with Crippen molar-refractivity contribution < 1.29 is 0 Å². The molecule has 0 aliphatic rings. The van der Waals surface area contributed by atoms with Gasteiger partial charge in [0, 0.05) is 0 Å². The van der Waals surface area contributed by atoms with Crippen LogP contribution in [0, 0.1) is 41.5 Å². The van der Waals surface area contributed by atoms with Gasteiger partial charge in [-0.2, -0.15) is 0 Å². The predicted molar refractivity (Wildman–Crippen MR) is 80.3 cm³/mol. The van der Waals surface area contributed by atoms with Gasteiger partial charge in [0.2, 0.25) is 0 Å². The zero-order valence-corrected chi connectivity index (χ0v) is 12.3. The molecule has 0 aliphatic heterocycles. The van der Waals surface area contributed by atoms with Crippen LogP contribution < -0.4 is 0 Å². The van der Waals surface area contributed by atoms with Gasteiger partial charge in [0.05, 0.1) is 0 Å². The molecule has 2 rings (SSSR count). The summed E-state index contributed by atoms with van der Waals surface area (Å²) in [5.74, 6) is 0. The van der Waals surface area contributed by atoms with E-state index in [1.165, 1.54) is 44.5 Å². The van der Waals surface area contributed by atoms with Gasteiger partial charge in [0.15, 0.2) is 0 Å². The fourth-order valence-corrected chi connectivity index (χ4v) is 2.79. The van der Waals surface area contributed by atoms with Crippen molar-refractivity contribution in [3.63, 3.8) is 0 Å². The summed E-state index contributed by atoms with van der Waals surface area (Å²) in [6.07, 6.45) is 0. The highest BCUT2D eigenvalue weighted by atomic mass is 14.2. The lowest BCUT2D eigenvalue weighted by Crippen LogP contribution is -1.96. The second kappa shape index (κ2) is 4.61. The highest BCUT2D eigenvalue weighted by Crippen LogP contribution is 2.33. The first-order valence-corrected chi connectivity index (χ1v) is 6.57. The molecule has 0 unspecified atom stereocenters. The Morgan fingerprint density at radius 3 is 1.89 bits per heavy atom. The molecule has 2 aromatic carbocycles. The zero-order valence-electron chi connectivity index (χ0n) is 12.3. The average molecular weight is 238 g/mol. The quantitative estimate of drug-likeness (QED) is 0.640. The second-order valence-corrected chi connectivity index (χ2v) is 5.45. The normalized spacial score (nSPS) is 10.8. The third kappa shape index (κ3) is 2.08. The summed E-state index contributed by atoms with van der Waals surface area (Å²) >= 11 is 0. The van der Waals surface area contributed by atoms with Gasteiger partial charge in [-0.15, -0.1) is 0 Å². The molecule has 0 spiro atoms. The fraction of sp³-hybridized carbons (Fsp3) is 0.333. The van der Waals surface area contributed by atoms with Crippen molar-refractivity contribution in [2.24, 2.45) is 0 Å². The Bertz CT molecular complexity index is 604. The van der Waals surface area contributed by atoms with Gasteiger partial charge in [0.1, 0.15) is 0 Å². The van der Waals surface area contributed by atoms with Crippen LogP contribution in [-0.4, -0.2) is 0 Å². The monoisotopic (exact) mass is 238 g/mol. The van der Waals surface area contributed by atoms with Gasteiger partial charge in [-0.1, -0.05) is 29.8 Å². The first-order valence-electron chi connectivity index (χ1n) is 6.57. The van der Waals surface area contributed by atoms with Gasteiger partial charge in [-0.05, 0) is 80.5 Å². The molecule has 0 radical (unpaired) electrons. The Morgan fingerprint density at radius 1 is 0.611 bits per heavy atom. The molecule has 0 amide bonds. The van der Waals surface area contributed by atoms with Crippen molar-refractivity contribution in [2.45, 2.75) is 41.5 Å². The van der Waals surface area contributed by atoms with Crippen LogP contribution >= 0.6 is 0 Å². The van der Waals surface area contributed by atoms with Crippen LogP contribution in [0.15, 0.2) is 24.3 Å². The summed E-state index contributed by atoms with van der Waals surface area (Å²) in [6, 6.07) is 9.03. The number of benzene rings is 2. The van der Waals surface area contributed by atoms with Crippen LogP contribution in [0.3, 0.4) is 0 Å². The Hall–Kier alpha value is -1.56. The summed E-state index contributed by atoms with van der Waals surface area (Å²) in [4.78, 5) is 0. The fourth-order valence-electron chi connectivity index (χ4n) is 2.79. The van der Waals surface area contributed by atoms with E-state index in [0.717, 1.165) is 0 Å². The van der Waals surface area contributed by atoms with Crippen molar-refractivity contribution in [1.82, 2.24) is 0 Å². The van der Waals surface area contributed by atoms with Crippen LogP contribution in [0.4, 0.5) is 0 Å². The lowest BCUT2D eigenvalue weighted by atomic mass is 9.88. The van der Waals surface area contributed by atoms with E-state index in [1.807, 2.05) is 0 Å². The molecule has 0 heteroatoms. The van der Waals surface area contributed by atoms with Crippen LogP contribution in [-0.2, 0) is 0 Å². The van der Waals surface area contributed by atoms with Crippen molar-refractivity contribution >= 4 is 0 Å². The third-order valence-electron chi connectivity index (χ3n) is 4.01. The summed E-state index contributed by atoms with van der Waals surface area (Å²) in [5.41, 5.74) is 11.1. The molecule has 0 aromatic heterocycles. The Balaban J connectivity index is 2.75. The molecule has 0 N–H and O–H groups in total. The highest BCUT2D eigenvalue weighted by Gasteiger charge is 2.11. The Kier molecular flexibility index (Phi) is 3.30. The van der Waals surface area contributed by atoms with Crippen LogP contribution in [0.5, 0.6) is 0 Å². The molecule has 0 saturated carbocycles. The van der Waals surface area contributed by atoms with E-state index in [9.17, 15) is 0 Å². The molecule has 0 aliphatic carbocycles. The maximum absolute atomic E-state index is 2.30. The van der Waals surface area contributed by atoms with E-state index >= 15 is 0 Å². The predicted octanol–water partition coefficient (Wildman–Crippen LogP) is 5.20. The Labute approximate surface area is 111 Å². The largest absolute Gasteiger partial charge is 0.0587 e. The van der Waals surface area contributed by atoms with Crippen molar-refractivity contribution in [2.75, 3.05) is 0 Å². The molecule has 0 bridgehead atoms. The minimum atomic E-state index is 1.33. The second-order valence-electron chi connectivity index (χ2n) is 5.45. The lowest BCUT2D eigenvalue weighted by molar-refractivity contribution is 1.23. The topological polar surface area (TPSA) is 0 Å². The maximum Gasteiger partial charge on any atom is -0.0120 e. The first kappa shape index (κ1) is 12.9. The number of hydrogen-bond acceptors (Lipinski definition) is 0. The molecule has 0 heterocycles. The van der Waals surface area contributed by atoms with Gasteiger partial charge in [0.25, 0.3) is 0 Å². The van der Waals surface area contributed by atoms with Gasteiger partial charge in [-0.25, -0.2) is 0 Å². The minimum Gasteiger partial charge on any atom is -0.0587 e. The van der Waals surface area contributed by atoms with Crippen molar-refractivity contribution in [3.8, 4) is 11.1 Å². The summed E-state index contributed by atoms with van der Waals surface area (Å²) < 4.78 is 0. The van der Waals surface area contributed by atoms with E-state index in [4.69, 9.17) is 0 Å². The molecule has 2 aromatic rings. The summed E-state index contributed by atoms with van der Waals surface area (Å²) in [7, 11) is 0. The number of rotatable bonds is 1. The number of hydrogen-bond donors (Lipinski definition) is 0. The van der Waals surface area contributed by atoms with E-state index in [-0.39, 0.29) is 0 Å². The standard InChI is InChI=1S/C18H22/c1-11-7-8-17(13(3)9-11)18-14(4)10-12(2)15(5)16(18)6/h7-10H,1-6H3. The van der Waals surface area contributed by atoms with E-state index < -0.39 is 0 Å². The molecule has 0 fully saturated rings. The summed E-state index contributed by atoms with van der Waals surface area (Å²) in [6.45, 7) is 13.2. The van der Waals surface area contributed by atoms with E-state index in [2.05, 4.69) is 65.8 Å². The highest BCUT2D eigenvalue weighted by molar-refractivity contribution is 5.75. The SMILES string of the molecule is Cc1ccc(-c2c(C)cc(C)c(C)c2C)c(C)c1.